The van der Waals surface area contributed by atoms with Crippen molar-refractivity contribution < 1.29 is 14.3 Å². The van der Waals surface area contributed by atoms with Gasteiger partial charge in [-0.25, -0.2) is 0 Å². The number of methoxy groups -OCH3 is 1. The predicted octanol–water partition coefficient (Wildman–Crippen LogP) is 1.07. The lowest BCUT2D eigenvalue weighted by molar-refractivity contribution is -0.140. The third kappa shape index (κ3) is 4.08. The van der Waals surface area contributed by atoms with Crippen LogP contribution in [0.4, 0.5) is 0 Å². The molecule has 0 radical (unpaired) electrons. The van der Waals surface area contributed by atoms with Gasteiger partial charge < -0.3 is 10.1 Å². The molecule has 1 unspecified atom stereocenters. The molecule has 1 aliphatic rings. The molecule has 0 aromatic rings. The SMILES string of the molecule is COC(=O)C(Cl)CNC(=O)CC1CCC1. The highest BCUT2D eigenvalue weighted by Gasteiger charge is 2.22. The highest BCUT2D eigenvalue weighted by molar-refractivity contribution is 6.30. The summed E-state index contributed by atoms with van der Waals surface area (Å²) in [6, 6.07) is 0. The van der Waals surface area contributed by atoms with E-state index in [4.69, 9.17) is 11.6 Å². The minimum absolute atomic E-state index is 0.0331. The Morgan fingerprint density at radius 3 is 2.67 bits per heavy atom. The molecule has 1 rings (SSSR count). The van der Waals surface area contributed by atoms with Crippen molar-refractivity contribution in [2.24, 2.45) is 5.92 Å². The van der Waals surface area contributed by atoms with E-state index < -0.39 is 11.3 Å². The van der Waals surface area contributed by atoms with Gasteiger partial charge in [0.2, 0.25) is 5.91 Å². The highest BCUT2D eigenvalue weighted by Crippen LogP contribution is 2.28. The van der Waals surface area contributed by atoms with Gasteiger partial charge in [0.25, 0.3) is 0 Å². The Hall–Kier alpha value is -0.770. The molecule has 86 valence electrons. The standard InChI is InChI=1S/C10H16ClNO3/c1-15-10(14)8(11)6-12-9(13)5-7-3-2-4-7/h7-8H,2-6H2,1H3,(H,12,13). The highest BCUT2D eigenvalue weighted by atomic mass is 35.5. The van der Waals surface area contributed by atoms with Gasteiger partial charge in [-0.15, -0.1) is 11.6 Å². The normalized spacial score (nSPS) is 17.7. The average Bonchev–Trinajstić information content (AvgIpc) is 2.18. The van der Waals surface area contributed by atoms with E-state index in [1.807, 2.05) is 0 Å². The maximum atomic E-state index is 11.3. The van der Waals surface area contributed by atoms with E-state index in [2.05, 4.69) is 10.1 Å². The van der Waals surface area contributed by atoms with Gasteiger partial charge >= 0.3 is 5.97 Å². The third-order valence-electron chi connectivity index (χ3n) is 2.63. The number of alkyl halides is 1. The van der Waals surface area contributed by atoms with Gasteiger partial charge in [-0.2, -0.15) is 0 Å². The van der Waals surface area contributed by atoms with Gasteiger partial charge in [0.1, 0.15) is 5.38 Å². The molecule has 0 saturated heterocycles. The van der Waals surface area contributed by atoms with Crippen LogP contribution in [0.5, 0.6) is 0 Å². The topological polar surface area (TPSA) is 55.4 Å². The van der Waals surface area contributed by atoms with E-state index in [9.17, 15) is 9.59 Å². The lowest BCUT2D eigenvalue weighted by Gasteiger charge is -2.24. The summed E-state index contributed by atoms with van der Waals surface area (Å²) in [6.45, 7) is 0.139. The van der Waals surface area contributed by atoms with Crippen LogP contribution in [-0.4, -0.2) is 30.9 Å². The number of ether oxygens (including phenoxy) is 1. The van der Waals surface area contributed by atoms with Gasteiger partial charge in [0.05, 0.1) is 7.11 Å². The molecule has 0 aliphatic heterocycles. The summed E-state index contributed by atoms with van der Waals surface area (Å²) < 4.78 is 4.44. The second kappa shape index (κ2) is 5.95. The first-order valence-electron chi connectivity index (χ1n) is 5.12. The molecule has 0 heterocycles. The fourth-order valence-electron chi connectivity index (χ4n) is 1.45. The Bertz CT molecular complexity index is 241. The van der Waals surface area contributed by atoms with Crippen LogP contribution < -0.4 is 5.32 Å². The molecule has 0 aromatic heterocycles. The predicted molar refractivity (Wildman–Crippen MR) is 56.6 cm³/mol. The quantitative estimate of drug-likeness (QED) is 0.571. The lowest BCUT2D eigenvalue weighted by Crippen LogP contribution is -2.35. The van der Waals surface area contributed by atoms with Gasteiger partial charge in [-0.1, -0.05) is 6.42 Å². The van der Waals surface area contributed by atoms with Crippen LogP contribution >= 0.6 is 11.6 Å². The van der Waals surface area contributed by atoms with Crippen molar-refractivity contribution in [1.82, 2.24) is 5.32 Å². The molecule has 1 aliphatic carbocycles. The maximum absolute atomic E-state index is 11.3. The second-order valence-corrected chi connectivity index (χ2v) is 4.32. The van der Waals surface area contributed by atoms with Crippen molar-refractivity contribution in [1.29, 1.82) is 0 Å². The van der Waals surface area contributed by atoms with E-state index in [1.54, 1.807) is 0 Å². The average molecular weight is 234 g/mol. The Kier molecular flexibility index (Phi) is 4.88. The fourth-order valence-corrected chi connectivity index (χ4v) is 1.61. The summed E-state index contributed by atoms with van der Waals surface area (Å²) in [5.74, 6) is -0.0215. The molecule has 1 N–H and O–H groups in total. The monoisotopic (exact) mass is 233 g/mol. The Morgan fingerprint density at radius 1 is 1.53 bits per heavy atom. The summed E-state index contributed by atoms with van der Waals surface area (Å²) in [7, 11) is 1.27. The second-order valence-electron chi connectivity index (χ2n) is 3.80. The van der Waals surface area contributed by atoms with Crippen molar-refractivity contribution in [2.75, 3.05) is 13.7 Å². The van der Waals surface area contributed by atoms with Gasteiger partial charge in [0.15, 0.2) is 0 Å². The largest absolute Gasteiger partial charge is 0.468 e. The first-order valence-corrected chi connectivity index (χ1v) is 5.55. The zero-order chi connectivity index (χ0) is 11.3. The molecule has 15 heavy (non-hydrogen) atoms. The number of nitrogens with one attached hydrogen (secondary N) is 1. The van der Waals surface area contributed by atoms with Crippen LogP contribution in [-0.2, 0) is 14.3 Å². The molecular formula is C10H16ClNO3. The fraction of sp³-hybridized carbons (Fsp3) is 0.800. The van der Waals surface area contributed by atoms with Gasteiger partial charge in [-0.05, 0) is 18.8 Å². The summed E-state index contributed by atoms with van der Waals surface area (Å²) >= 11 is 5.67. The first-order chi connectivity index (χ1) is 7.13. The number of carbonyl (C=O) groups excluding carboxylic acids is 2. The van der Waals surface area contributed by atoms with E-state index in [0.717, 1.165) is 12.8 Å². The number of halogens is 1. The maximum Gasteiger partial charge on any atom is 0.325 e. The molecule has 1 fully saturated rings. The van der Waals surface area contributed by atoms with Crippen LogP contribution in [0.15, 0.2) is 0 Å². The number of rotatable bonds is 5. The van der Waals surface area contributed by atoms with Gasteiger partial charge in [-0.3, -0.25) is 9.59 Å². The van der Waals surface area contributed by atoms with E-state index >= 15 is 0 Å². The molecular weight excluding hydrogens is 218 g/mol. The van der Waals surface area contributed by atoms with Crippen molar-refractivity contribution in [3.8, 4) is 0 Å². The molecule has 1 atom stereocenters. The Morgan fingerprint density at radius 2 is 2.20 bits per heavy atom. The van der Waals surface area contributed by atoms with Crippen LogP contribution in [0.2, 0.25) is 0 Å². The minimum atomic E-state index is -0.791. The zero-order valence-corrected chi connectivity index (χ0v) is 9.55. The van der Waals surface area contributed by atoms with Gasteiger partial charge in [0, 0.05) is 13.0 Å². The van der Waals surface area contributed by atoms with Crippen LogP contribution in [0.3, 0.4) is 0 Å². The van der Waals surface area contributed by atoms with Crippen molar-refractivity contribution in [2.45, 2.75) is 31.1 Å². The van der Waals surface area contributed by atoms with E-state index in [1.165, 1.54) is 13.5 Å². The van der Waals surface area contributed by atoms with Crippen molar-refractivity contribution in [3.63, 3.8) is 0 Å². The summed E-state index contributed by atoms with van der Waals surface area (Å²) in [5.41, 5.74) is 0. The smallest absolute Gasteiger partial charge is 0.325 e. The van der Waals surface area contributed by atoms with Crippen LogP contribution in [0, 0.1) is 5.92 Å². The Balaban J connectivity index is 2.12. The number of hydrogen-bond donors (Lipinski definition) is 1. The summed E-state index contributed by atoms with van der Waals surface area (Å²) in [5, 5.41) is 1.83. The number of amides is 1. The Labute approximate surface area is 94.3 Å². The third-order valence-corrected chi connectivity index (χ3v) is 2.97. The minimum Gasteiger partial charge on any atom is -0.468 e. The molecule has 5 heteroatoms. The molecule has 0 spiro atoms. The van der Waals surface area contributed by atoms with Crippen molar-refractivity contribution in [3.05, 3.63) is 0 Å². The molecule has 1 amide bonds. The number of esters is 1. The van der Waals surface area contributed by atoms with Crippen LogP contribution in [0.25, 0.3) is 0 Å². The molecule has 4 nitrogen and oxygen atoms in total. The summed E-state index contributed by atoms with van der Waals surface area (Å²) in [6.07, 6.45) is 4.03. The van der Waals surface area contributed by atoms with Crippen molar-refractivity contribution >= 4 is 23.5 Å². The molecule has 0 bridgehead atoms. The summed E-state index contributed by atoms with van der Waals surface area (Å²) in [4.78, 5) is 22.2. The zero-order valence-electron chi connectivity index (χ0n) is 8.79. The molecule has 1 saturated carbocycles. The van der Waals surface area contributed by atoms with E-state index in [-0.39, 0.29) is 12.5 Å². The molecule has 0 aromatic carbocycles. The number of carbonyl (C=O) groups is 2. The first kappa shape index (κ1) is 12.3. The van der Waals surface area contributed by atoms with E-state index in [0.29, 0.717) is 12.3 Å². The van der Waals surface area contributed by atoms with Crippen LogP contribution in [0.1, 0.15) is 25.7 Å². The number of hydrogen-bond acceptors (Lipinski definition) is 3. The lowest BCUT2D eigenvalue weighted by atomic mass is 9.83.